The van der Waals surface area contributed by atoms with Crippen LogP contribution in [0.15, 0.2) is 48.5 Å². The molecule has 2 rings (SSSR count). The number of aryl methyl sites for hydroxylation is 1. The quantitative estimate of drug-likeness (QED) is 0.358. The fraction of sp³-hybridized carbons (Fsp3) is 0.464. The number of amides is 3. The number of phenolic OH excluding ortho intramolecular Hbond substituents is 1. The van der Waals surface area contributed by atoms with Gasteiger partial charge in [0.2, 0.25) is 17.7 Å². The minimum atomic E-state index is -0.983. The van der Waals surface area contributed by atoms with Crippen molar-refractivity contribution >= 4 is 17.7 Å². The predicted octanol–water partition coefficient (Wildman–Crippen LogP) is 2.64. The first-order valence-electron chi connectivity index (χ1n) is 12.4. The number of benzene rings is 2. The highest BCUT2D eigenvalue weighted by Gasteiger charge is 2.37. The Morgan fingerprint density at radius 2 is 1.53 bits per heavy atom. The molecule has 8 nitrogen and oxygen atoms in total. The zero-order valence-electron chi connectivity index (χ0n) is 21.9. The third kappa shape index (κ3) is 7.81. The molecule has 3 amide bonds. The standard InChI is InChI=1S/C28H40N4O4/c1-6-19(5)25(26(30)34)32(16-21-9-7-18(4)8-10-21)28(36)23(31-27(35)24(29)17(2)3)15-20-11-13-22(33)14-12-20/h7-14,17,19,23-25,33H,6,15-16,29H2,1-5H3,(H2,30,34)(H,31,35)/t19-,23-,24-,25-/m0/s1. The Morgan fingerprint density at radius 3 is 2.03 bits per heavy atom. The molecule has 36 heavy (non-hydrogen) atoms. The van der Waals surface area contributed by atoms with Crippen molar-refractivity contribution in [3.63, 3.8) is 0 Å². The van der Waals surface area contributed by atoms with E-state index in [1.807, 2.05) is 58.9 Å². The molecule has 8 heteroatoms. The second kappa shape index (κ2) is 13.1. The molecule has 0 radical (unpaired) electrons. The van der Waals surface area contributed by atoms with Crippen LogP contribution in [0, 0.1) is 18.8 Å². The van der Waals surface area contributed by atoms with Gasteiger partial charge in [-0.05, 0) is 42.0 Å². The average molecular weight is 497 g/mol. The number of rotatable bonds is 12. The fourth-order valence-corrected chi connectivity index (χ4v) is 4.01. The highest BCUT2D eigenvalue weighted by molar-refractivity contribution is 5.93. The van der Waals surface area contributed by atoms with Crippen molar-refractivity contribution in [1.82, 2.24) is 10.2 Å². The zero-order valence-corrected chi connectivity index (χ0v) is 21.9. The largest absolute Gasteiger partial charge is 0.508 e. The average Bonchev–Trinajstić information content (AvgIpc) is 2.84. The molecular formula is C28H40N4O4. The molecule has 0 aliphatic carbocycles. The summed E-state index contributed by atoms with van der Waals surface area (Å²) in [6.07, 6.45) is 0.796. The Balaban J connectivity index is 2.50. The number of carbonyl (C=O) groups is 3. The summed E-state index contributed by atoms with van der Waals surface area (Å²) in [5, 5.41) is 12.5. The van der Waals surface area contributed by atoms with Crippen LogP contribution in [0.2, 0.25) is 0 Å². The van der Waals surface area contributed by atoms with E-state index in [4.69, 9.17) is 11.5 Å². The molecule has 0 aromatic heterocycles. The van der Waals surface area contributed by atoms with Gasteiger partial charge in [-0.2, -0.15) is 0 Å². The lowest BCUT2D eigenvalue weighted by molar-refractivity contribution is -0.145. The van der Waals surface area contributed by atoms with E-state index < -0.39 is 35.8 Å². The Bertz CT molecular complexity index is 1020. The summed E-state index contributed by atoms with van der Waals surface area (Å²) >= 11 is 0. The molecule has 0 saturated heterocycles. The van der Waals surface area contributed by atoms with Crippen molar-refractivity contribution in [2.24, 2.45) is 23.3 Å². The van der Waals surface area contributed by atoms with Gasteiger partial charge in [0, 0.05) is 13.0 Å². The second-order valence-corrected chi connectivity index (χ2v) is 9.89. The van der Waals surface area contributed by atoms with Gasteiger partial charge in [-0.3, -0.25) is 14.4 Å². The van der Waals surface area contributed by atoms with Crippen LogP contribution in [0.25, 0.3) is 0 Å². The summed E-state index contributed by atoms with van der Waals surface area (Å²) in [6, 6.07) is 11.5. The van der Waals surface area contributed by atoms with Gasteiger partial charge in [-0.1, -0.05) is 76.1 Å². The fourth-order valence-electron chi connectivity index (χ4n) is 4.01. The molecule has 2 aromatic carbocycles. The lowest BCUT2D eigenvalue weighted by atomic mass is 9.94. The van der Waals surface area contributed by atoms with Crippen molar-refractivity contribution in [2.75, 3.05) is 0 Å². The van der Waals surface area contributed by atoms with Crippen molar-refractivity contribution in [3.8, 4) is 5.75 Å². The Labute approximate surface area is 214 Å². The number of hydrogen-bond donors (Lipinski definition) is 4. The van der Waals surface area contributed by atoms with Crippen molar-refractivity contribution in [1.29, 1.82) is 0 Å². The van der Waals surface area contributed by atoms with E-state index in [0.29, 0.717) is 6.42 Å². The van der Waals surface area contributed by atoms with Crippen LogP contribution in [0.3, 0.4) is 0 Å². The Morgan fingerprint density at radius 1 is 0.972 bits per heavy atom. The molecule has 0 saturated carbocycles. The molecule has 0 heterocycles. The van der Waals surface area contributed by atoms with Gasteiger partial charge in [0.05, 0.1) is 6.04 Å². The van der Waals surface area contributed by atoms with E-state index in [-0.39, 0.29) is 30.6 Å². The predicted molar refractivity (Wildman–Crippen MR) is 141 cm³/mol. The van der Waals surface area contributed by atoms with Gasteiger partial charge in [0.1, 0.15) is 17.8 Å². The van der Waals surface area contributed by atoms with E-state index >= 15 is 0 Å². The van der Waals surface area contributed by atoms with Crippen LogP contribution in [0.4, 0.5) is 0 Å². The highest BCUT2D eigenvalue weighted by atomic mass is 16.3. The molecule has 6 N–H and O–H groups in total. The molecule has 2 aromatic rings. The van der Waals surface area contributed by atoms with Gasteiger partial charge in [0.25, 0.3) is 0 Å². The summed E-state index contributed by atoms with van der Waals surface area (Å²) in [7, 11) is 0. The summed E-state index contributed by atoms with van der Waals surface area (Å²) in [5.74, 6) is -1.69. The maximum atomic E-state index is 14.1. The molecule has 196 valence electrons. The van der Waals surface area contributed by atoms with Gasteiger partial charge >= 0.3 is 0 Å². The number of phenols is 1. The van der Waals surface area contributed by atoms with Crippen molar-refractivity contribution in [3.05, 3.63) is 65.2 Å². The molecule has 0 fully saturated rings. The van der Waals surface area contributed by atoms with E-state index in [9.17, 15) is 19.5 Å². The smallest absolute Gasteiger partial charge is 0.246 e. The number of primary amides is 1. The second-order valence-electron chi connectivity index (χ2n) is 9.89. The van der Waals surface area contributed by atoms with Gasteiger partial charge in [-0.15, -0.1) is 0 Å². The third-order valence-electron chi connectivity index (χ3n) is 6.58. The van der Waals surface area contributed by atoms with Gasteiger partial charge < -0.3 is 26.8 Å². The SMILES string of the molecule is CC[C@H](C)[C@@H](C(N)=O)N(Cc1ccc(C)cc1)C(=O)[C@H](Cc1ccc(O)cc1)NC(=O)[C@@H](N)C(C)C. The summed E-state index contributed by atoms with van der Waals surface area (Å²) in [6.45, 7) is 9.61. The molecule has 0 aliphatic heterocycles. The maximum Gasteiger partial charge on any atom is 0.246 e. The molecule has 0 spiro atoms. The van der Waals surface area contributed by atoms with Crippen LogP contribution < -0.4 is 16.8 Å². The zero-order chi connectivity index (χ0) is 27.0. The lowest BCUT2D eigenvalue weighted by Gasteiger charge is -2.36. The summed E-state index contributed by atoms with van der Waals surface area (Å²) < 4.78 is 0. The Kier molecular flexibility index (Phi) is 10.5. The highest BCUT2D eigenvalue weighted by Crippen LogP contribution is 2.21. The number of hydrogen-bond acceptors (Lipinski definition) is 5. The van der Waals surface area contributed by atoms with Crippen molar-refractivity contribution in [2.45, 2.75) is 72.1 Å². The van der Waals surface area contributed by atoms with Crippen LogP contribution in [-0.2, 0) is 27.3 Å². The lowest BCUT2D eigenvalue weighted by Crippen LogP contribution is -2.59. The van der Waals surface area contributed by atoms with E-state index in [1.165, 1.54) is 17.0 Å². The van der Waals surface area contributed by atoms with Crippen LogP contribution in [-0.4, -0.2) is 45.9 Å². The Hall–Kier alpha value is -3.39. The first-order chi connectivity index (χ1) is 16.9. The minimum Gasteiger partial charge on any atom is -0.508 e. The molecule has 0 bridgehead atoms. The van der Waals surface area contributed by atoms with E-state index in [1.54, 1.807) is 12.1 Å². The van der Waals surface area contributed by atoms with Crippen LogP contribution in [0.1, 0.15) is 50.8 Å². The number of nitrogens with two attached hydrogens (primary N) is 2. The first kappa shape index (κ1) is 28.8. The maximum absolute atomic E-state index is 14.1. The molecular weight excluding hydrogens is 456 g/mol. The third-order valence-corrected chi connectivity index (χ3v) is 6.58. The first-order valence-corrected chi connectivity index (χ1v) is 12.4. The van der Waals surface area contributed by atoms with Crippen molar-refractivity contribution < 1.29 is 19.5 Å². The van der Waals surface area contributed by atoms with Crippen LogP contribution >= 0.6 is 0 Å². The topological polar surface area (TPSA) is 139 Å². The molecule has 4 atom stereocenters. The van der Waals surface area contributed by atoms with Gasteiger partial charge in [-0.25, -0.2) is 0 Å². The molecule has 0 unspecified atom stereocenters. The number of aromatic hydroxyl groups is 1. The van der Waals surface area contributed by atoms with E-state index in [0.717, 1.165) is 16.7 Å². The summed E-state index contributed by atoms with van der Waals surface area (Å²) in [4.78, 5) is 41.1. The number of nitrogens with one attached hydrogen (secondary N) is 1. The molecule has 0 aliphatic rings. The minimum absolute atomic E-state index is 0.0963. The van der Waals surface area contributed by atoms with Crippen LogP contribution in [0.5, 0.6) is 5.75 Å². The van der Waals surface area contributed by atoms with Gasteiger partial charge in [0.15, 0.2) is 0 Å². The number of carbonyl (C=O) groups excluding carboxylic acids is 3. The normalized spacial score (nSPS) is 14.5. The van der Waals surface area contributed by atoms with E-state index in [2.05, 4.69) is 5.32 Å². The monoisotopic (exact) mass is 496 g/mol. The summed E-state index contributed by atoms with van der Waals surface area (Å²) in [5.41, 5.74) is 14.5. The number of nitrogens with zero attached hydrogens (tertiary/aromatic N) is 1.